The van der Waals surface area contributed by atoms with Gasteiger partial charge >= 0.3 is 105 Å². The number of hydrogen-bond acceptors (Lipinski definition) is 1. The van der Waals surface area contributed by atoms with E-state index in [2.05, 4.69) is 27.7 Å². The summed E-state index contributed by atoms with van der Waals surface area (Å²) < 4.78 is 42.3. The third-order valence-corrected chi connectivity index (χ3v) is 2.14. The molecule has 17 heavy (non-hydrogen) atoms. The van der Waals surface area contributed by atoms with E-state index in [9.17, 15) is 13.2 Å². The number of ether oxygens (including phenoxy) is 1. The van der Waals surface area contributed by atoms with E-state index in [4.69, 9.17) is 4.74 Å². The van der Waals surface area contributed by atoms with E-state index in [1.54, 1.807) is 0 Å². The molecule has 0 saturated carbocycles. The predicted molar refractivity (Wildman–Crippen MR) is 55.0 cm³/mol. The van der Waals surface area contributed by atoms with E-state index in [1.807, 2.05) is 6.92 Å². The molecule has 0 fully saturated rings. The number of benzene rings is 1. The summed E-state index contributed by atoms with van der Waals surface area (Å²) in [7, 11) is 0. The molecule has 0 radical (unpaired) electrons. The maximum atomic E-state index is 12.3. The Morgan fingerprint density at radius 1 is 1.29 bits per heavy atom. The van der Waals surface area contributed by atoms with Gasteiger partial charge in [0.05, 0.1) is 0 Å². The summed E-state index contributed by atoms with van der Waals surface area (Å²) in [6, 6.07) is 4.66. The predicted octanol–water partition coefficient (Wildman–Crippen LogP) is 2.77. The van der Waals surface area contributed by atoms with Gasteiger partial charge in [0.25, 0.3) is 0 Å². The second-order valence-corrected chi connectivity index (χ2v) is 3.62. The molecule has 0 unspecified atom stereocenters. The Balaban J connectivity index is 2.79. The number of alkyl halides is 3. The van der Waals surface area contributed by atoms with Gasteiger partial charge in [0.2, 0.25) is 0 Å². The summed E-state index contributed by atoms with van der Waals surface area (Å²) in [5, 5.41) is 0. The fraction of sp³-hybridized carbons (Fsp3) is 0.250. The Labute approximate surface area is 106 Å². The third-order valence-electron chi connectivity index (χ3n) is 1.80. The summed E-state index contributed by atoms with van der Waals surface area (Å²) in [5.74, 6) is 5.36. The van der Waals surface area contributed by atoms with Crippen molar-refractivity contribution in [2.24, 2.45) is 0 Å². The van der Waals surface area contributed by atoms with Crippen molar-refractivity contribution in [3.63, 3.8) is 0 Å². The summed E-state index contributed by atoms with van der Waals surface area (Å²) in [6.45, 7) is 2.31. The molecular weight excluding hydrogens is 269 g/mol. The van der Waals surface area contributed by atoms with Gasteiger partial charge in [0, 0.05) is 0 Å². The standard InChI is InChI=1S/C12H9F3O.Cr/c1-2-16-9-3-4-10-5-7-11(8-6-10)12(13,14)15;/h5-8H,2H2,1H3;. The molecule has 0 aliphatic rings. The quantitative estimate of drug-likeness (QED) is 0.756. The topological polar surface area (TPSA) is 9.23 Å². The van der Waals surface area contributed by atoms with Gasteiger partial charge in [-0.25, -0.2) is 0 Å². The van der Waals surface area contributed by atoms with Crippen LogP contribution in [0.4, 0.5) is 13.2 Å². The van der Waals surface area contributed by atoms with Crippen LogP contribution in [0.15, 0.2) is 24.3 Å². The van der Waals surface area contributed by atoms with Crippen molar-refractivity contribution < 1.29 is 33.8 Å². The first-order chi connectivity index (χ1) is 7.93. The fourth-order valence-electron chi connectivity index (χ4n) is 1.03. The minimum absolute atomic E-state index is 0.424. The summed E-state index contributed by atoms with van der Waals surface area (Å²) in [6.07, 6.45) is -4.31. The van der Waals surface area contributed by atoms with Gasteiger partial charge < -0.3 is 0 Å². The van der Waals surface area contributed by atoms with Gasteiger partial charge in [-0.1, -0.05) is 0 Å². The number of halogens is 3. The molecule has 0 N–H and O–H groups in total. The Morgan fingerprint density at radius 3 is 2.35 bits per heavy atom. The molecule has 0 aromatic heterocycles. The van der Waals surface area contributed by atoms with Crippen LogP contribution in [-0.2, 0) is 26.8 Å². The molecule has 90 valence electrons. The van der Waals surface area contributed by atoms with E-state index >= 15 is 0 Å². The molecule has 1 nitrogen and oxygen atoms in total. The van der Waals surface area contributed by atoms with Crippen LogP contribution in [0.3, 0.4) is 0 Å². The molecule has 0 amide bonds. The van der Waals surface area contributed by atoms with Gasteiger partial charge in [-0.3, -0.25) is 0 Å². The normalized spacial score (nSPS) is 10.6. The van der Waals surface area contributed by atoms with Crippen molar-refractivity contribution in [1.82, 2.24) is 0 Å². The first kappa shape index (κ1) is 14.0. The van der Waals surface area contributed by atoms with Gasteiger partial charge in [0.1, 0.15) is 0 Å². The van der Waals surface area contributed by atoms with Crippen LogP contribution >= 0.6 is 0 Å². The first-order valence-corrected chi connectivity index (χ1v) is 5.43. The van der Waals surface area contributed by atoms with E-state index in [-0.39, 0.29) is 0 Å². The molecule has 0 bridgehead atoms. The van der Waals surface area contributed by atoms with Gasteiger partial charge in [-0.15, -0.1) is 0 Å². The van der Waals surface area contributed by atoms with E-state index in [1.165, 1.54) is 12.1 Å². The Morgan fingerprint density at radius 2 is 1.88 bits per heavy atom. The molecule has 1 rings (SSSR count). The Hall–Kier alpha value is -1.07. The van der Waals surface area contributed by atoms with E-state index < -0.39 is 11.7 Å². The van der Waals surface area contributed by atoms with Crippen LogP contribution in [0, 0.1) is 11.8 Å². The molecule has 0 aliphatic heterocycles. The summed E-state index contributed by atoms with van der Waals surface area (Å²) in [4.78, 5) is 0. The summed E-state index contributed by atoms with van der Waals surface area (Å²) >= 11 is 2.62. The molecular formula is C12H9CrF3O. The SMILES string of the molecule is CCO[C](=[Cr])C#Cc1ccc(C(F)(F)F)cc1. The molecule has 1 aromatic rings. The first-order valence-electron chi connectivity index (χ1n) is 4.79. The zero-order valence-electron chi connectivity index (χ0n) is 8.97. The number of rotatable bonds is 2. The van der Waals surface area contributed by atoms with Crippen molar-refractivity contribution in [1.29, 1.82) is 0 Å². The van der Waals surface area contributed by atoms with Crippen LogP contribution in [0.5, 0.6) is 0 Å². The van der Waals surface area contributed by atoms with E-state index in [0.717, 1.165) is 12.1 Å². The average Bonchev–Trinajstić information content (AvgIpc) is 2.26. The van der Waals surface area contributed by atoms with Gasteiger partial charge in [-0.2, -0.15) is 0 Å². The molecule has 1 aromatic carbocycles. The van der Waals surface area contributed by atoms with Crippen LogP contribution < -0.4 is 0 Å². The van der Waals surface area contributed by atoms with Crippen LogP contribution in [0.25, 0.3) is 0 Å². The number of hydrogen-bond donors (Lipinski definition) is 0. The van der Waals surface area contributed by atoms with Crippen LogP contribution in [0.2, 0.25) is 0 Å². The second kappa shape index (κ2) is 6.03. The van der Waals surface area contributed by atoms with Gasteiger partial charge in [-0.05, 0) is 0 Å². The zero-order valence-corrected chi connectivity index (χ0v) is 10.2. The van der Waals surface area contributed by atoms with Gasteiger partial charge in [0.15, 0.2) is 0 Å². The van der Waals surface area contributed by atoms with Crippen molar-refractivity contribution in [2.45, 2.75) is 13.1 Å². The Bertz CT molecular complexity index is 451. The van der Waals surface area contributed by atoms with Crippen molar-refractivity contribution in [3.8, 4) is 11.8 Å². The van der Waals surface area contributed by atoms with Crippen LogP contribution in [0.1, 0.15) is 18.1 Å². The zero-order chi connectivity index (χ0) is 12.9. The van der Waals surface area contributed by atoms with Crippen molar-refractivity contribution in [2.75, 3.05) is 6.61 Å². The van der Waals surface area contributed by atoms with E-state index in [0.29, 0.717) is 16.7 Å². The molecule has 0 saturated heterocycles. The summed E-state index contributed by atoms with van der Waals surface area (Å²) in [5.41, 5.74) is -0.175. The third kappa shape index (κ3) is 4.75. The minimum atomic E-state index is -4.31. The molecule has 5 heteroatoms. The molecule has 0 aliphatic carbocycles. The monoisotopic (exact) mass is 278 g/mol. The maximum absolute atomic E-state index is 12.3. The van der Waals surface area contributed by atoms with Crippen LogP contribution in [-0.4, -0.2) is 11.2 Å². The molecule has 0 atom stereocenters. The van der Waals surface area contributed by atoms with Crippen molar-refractivity contribution in [3.05, 3.63) is 35.4 Å². The second-order valence-electron chi connectivity index (χ2n) is 3.05. The average molecular weight is 278 g/mol. The molecule has 0 spiro atoms. The fourth-order valence-corrected chi connectivity index (χ4v) is 1.30. The Kier molecular flexibility index (Phi) is 4.96. The van der Waals surface area contributed by atoms with Crippen molar-refractivity contribution >= 4 is 4.57 Å². The molecule has 0 heterocycles.